The fourth-order valence-electron chi connectivity index (χ4n) is 2.86. The van der Waals surface area contributed by atoms with Crippen LogP contribution in [0.5, 0.6) is 5.75 Å². The van der Waals surface area contributed by atoms with E-state index < -0.39 is 0 Å². The number of hydrogen-bond donors (Lipinski definition) is 1. The Labute approximate surface area is 128 Å². The van der Waals surface area contributed by atoms with Crippen LogP contribution in [0, 0.1) is 5.41 Å². The smallest absolute Gasteiger partial charge is 0.119 e. The number of nitrogens with zero attached hydrogens (tertiary/aromatic N) is 1. The van der Waals surface area contributed by atoms with Crippen molar-refractivity contribution >= 4 is 12.4 Å². The van der Waals surface area contributed by atoms with Crippen molar-refractivity contribution < 1.29 is 4.74 Å². The molecular formula is C16H27ClN2O. The number of methoxy groups -OCH3 is 1. The van der Waals surface area contributed by atoms with E-state index in [9.17, 15) is 0 Å². The predicted molar refractivity (Wildman–Crippen MR) is 86.6 cm³/mol. The second-order valence-electron chi connectivity index (χ2n) is 6.31. The molecule has 0 bridgehead atoms. The summed E-state index contributed by atoms with van der Waals surface area (Å²) >= 11 is 0. The molecule has 2 atom stereocenters. The van der Waals surface area contributed by atoms with Crippen molar-refractivity contribution in [1.29, 1.82) is 0 Å². The van der Waals surface area contributed by atoms with Gasteiger partial charge in [-0.15, -0.1) is 12.4 Å². The van der Waals surface area contributed by atoms with Crippen LogP contribution in [0.4, 0.5) is 0 Å². The Morgan fingerprint density at radius 2 is 2.10 bits per heavy atom. The van der Waals surface area contributed by atoms with Crippen LogP contribution in [0.1, 0.15) is 38.8 Å². The minimum absolute atomic E-state index is 0. The zero-order chi connectivity index (χ0) is 14.0. The first kappa shape index (κ1) is 17.3. The highest BCUT2D eigenvalue weighted by atomic mass is 35.5. The summed E-state index contributed by atoms with van der Waals surface area (Å²) < 4.78 is 5.31. The molecule has 1 fully saturated rings. The Kier molecular flexibility index (Phi) is 5.87. The molecule has 0 aliphatic carbocycles. The van der Waals surface area contributed by atoms with Crippen molar-refractivity contribution in [2.75, 3.05) is 20.2 Å². The van der Waals surface area contributed by atoms with Gasteiger partial charge in [0.1, 0.15) is 5.75 Å². The lowest BCUT2D eigenvalue weighted by Crippen LogP contribution is -2.52. The topological polar surface area (TPSA) is 38.5 Å². The van der Waals surface area contributed by atoms with Gasteiger partial charge in [0.2, 0.25) is 0 Å². The van der Waals surface area contributed by atoms with Crippen LogP contribution < -0.4 is 10.5 Å². The van der Waals surface area contributed by atoms with Crippen LogP contribution in [0.3, 0.4) is 0 Å². The maximum Gasteiger partial charge on any atom is 0.119 e. The number of likely N-dealkylation sites (tertiary alicyclic amines) is 1. The molecule has 0 saturated carbocycles. The molecule has 1 aliphatic rings. The van der Waals surface area contributed by atoms with Gasteiger partial charge in [0.15, 0.2) is 0 Å². The zero-order valence-corrected chi connectivity index (χ0v) is 13.7. The molecule has 1 aromatic rings. The third kappa shape index (κ3) is 3.66. The van der Waals surface area contributed by atoms with Gasteiger partial charge in [-0.2, -0.15) is 0 Å². The molecule has 20 heavy (non-hydrogen) atoms. The summed E-state index contributed by atoms with van der Waals surface area (Å²) in [6, 6.07) is 9.07. The van der Waals surface area contributed by atoms with Gasteiger partial charge in [-0.3, -0.25) is 4.90 Å². The van der Waals surface area contributed by atoms with E-state index in [1.807, 2.05) is 6.07 Å². The summed E-state index contributed by atoms with van der Waals surface area (Å²) in [5.74, 6) is 0.928. The van der Waals surface area contributed by atoms with E-state index in [-0.39, 0.29) is 17.8 Å². The molecule has 0 radical (unpaired) electrons. The van der Waals surface area contributed by atoms with E-state index in [4.69, 9.17) is 10.5 Å². The summed E-state index contributed by atoms with van der Waals surface area (Å²) in [5.41, 5.74) is 7.71. The number of benzene rings is 1. The first-order chi connectivity index (χ1) is 8.94. The molecule has 1 aromatic carbocycles. The summed E-state index contributed by atoms with van der Waals surface area (Å²) in [5, 5.41) is 0. The van der Waals surface area contributed by atoms with Gasteiger partial charge in [0.25, 0.3) is 0 Å². The number of ether oxygens (including phenoxy) is 1. The summed E-state index contributed by atoms with van der Waals surface area (Å²) in [6.07, 6.45) is 1.07. The minimum Gasteiger partial charge on any atom is -0.497 e. The molecule has 3 nitrogen and oxygen atoms in total. The molecule has 4 heteroatoms. The van der Waals surface area contributed by atoms with Crippen molar-refractivity contribution in [3.05, 3.63) is 29.8 Å². The highest BCUT2D eigenvalue weighted by molar-refractivity contribution is 5.85. The quantitative estimate of drug-likeness (QED) is 0.931. The third-order valence-electron chi connectivity index (χ3n) is 4.47. The molecule has 2 N–H and O–H groups in total. The summed E-state index contributed by atoms with van der Waals surface area (Å²) in [7, 11) is 1.72. The standard InChI is InChI=1S/C16H26N2O.ClH/c1-12(13-6-5-7-14(10-13)19-4)18-9-8-15(17)16(2,3)11-18;/h5-7,10,12,15H,8-9,11,17H2,1-4H3;1H. The van der Waals surface area contributed by atoms with Crippen molar-refractivity contribution in [3.8, 4) is 5.75 Å². The molecule has 1 saturated heterocycles. The van der Waals surface area contributed by atoms with E-state index in [0.717, 1.165) is 25.3 Å². The summed E-state index contributed by atoms with van der Waals surface area (Å²) in [6.45, 7) is 8.92. The van der Waals surface area contributed by atoms with Gasteiger partial charge >= 0.3 is 0 Å². The van der Waals surface area contributed by atoms with E-state index in [0.29, 0.717) is 12.1 Å². The van der Waals surface area contributed by atoms with Crippen LogP contribution in [0.25, 0.3) is 0 Å². The predicted octanol–water partition coefficient (Wildman–Crippen LogP) is 3.24. The Morgan fingerprint density at radius 1 is 1.40 bits per heavy atom. The Bertz CT molecular complexity index is 436. The molecule has 1 aliphatic heterocycles. The molecule has 0 aromatic heterocycles. The highest BCUT2D eigenvalue weighted by Gasteiger charge is 2.35. The average Bonchev–Trinajstić information content (AvgIpc) is 2.41. The third-order valence-corrected chi connectivity index (χ3v) is 4.47. The number of nitrogens with two attached hydrogens (primary N) is 1. The second-order valence-corrected chi connectivity index (χ2v) is 6.31. The Morgan fingerprint density at radius 3 is 2.70 bits per heavy atom. The van der Waals surface area contributed by atoms with Gasteiger partial charge in [-0.05, 0) is 36.5 Å². The van der Waals surface area contributed by atoms with E-state index in [2.05, 4.69) is 43.9 Å². The SMILES string of the molecule is COc1cccc(C(C)N2CCC(N)C(C)(C)C2)c1.Cl. The molecule has 2 rings (SSSR count). The van der Waals surface area contributed by atoms with Gasteiger partial charge < -0.3 is 10.5 Å². The monoisotopic (exact) mass is 298 g/mol. The molecule has 0 spiro atoms. The minimum atomic E-state index is 0. The molecule has 2 unspecified atom stereocenters. The fourth-order valence-corrected chi connectivity index (χ4v) is 2.86. The van der Waals surface area contributed by atoms with Gasteiger partial charge in [-0.25, -0.2) is 0 Å². The van der Waals surface area contributed by atoms with Gasteiger partial charge in [0.05, 0.1) is 7.11 Å². The van der Waals surface area contributed by atoms with Crippen LogP contribution in [0.2, 0.25) is 0 Å². The first-order valence-electron chi connectivity index (χ1n) is 7.07. The maximum absolute atomic E-state index is 6.21. The van der Waals surface area contributed by atoms with Crippen molar-refractivity contribution in [1.82, 2.24) is 4.90 Å². The van der Waals surface area contributed by atoms with Gasteiger partial charge in [0, 0.05) is 25.2 Å². The van der Waals surface area contributed by atoms with Crippen LogP contribution in [0.15, 0.2) is 24.3 Å². The molecule has 0 amide bonds. The zero-order valence-electron chi connectivity index (χ0n) is 12.9. The Balaban J connectivity index is 0.00000200. The normalized spacial score (nSPS) is 23.8. The molecule has 114 valence electrons. The highest BCUT2D eigenvalue weighted by Crippen LogP contribution is 2.33. The second kappa shape index (κ2) is 6.79. The number of piperidine rings is 1. The van der Waals surface area contributed by atoms with Crippen molar-refractivity contribution in [2.24, 2.45) is 11.1 Å². The van der Waals surface area contributed by atoms with Crippen LogP contribution >= 0.6 is 12.4 Å². The summed E-state index contributed by atoms with van der Waals surface area (Å²) in [4.78, 5) is 2.53. The van der Waals surface area contributed by atoms with Crippen molar-refractivity contribution in [2.45, 2.75) is 39.3 Å². The lowest BCUT2D eigenvalue weighted by atomic mass is 9.79. The lowest BCUT2D eigenvalue weighted by molar-refractivity contribution is 0.0663. The van der Waals surface area contributed by atoms with E-state index in [1.54, 1.807) is 7.11 Å². The van der Waals surface area contributed by atoms with Crippen LogP contribution in [-0.4, -0.2) is 31.1 Å². The molecular weight excluding hydrogens is 272 g/mol. The number of rotatable bonds is 3. The van der Waals surface area contributed by atoms with E-state index >= 15 is 0 Å². The first-order valence-corrected chi connectivity index (χ1v) is 7.07. The van der Waals surface area contributed by atoms with Gasteiger partial charge in [-0.1, -0.05) is 26.0 Å². The lowest BCUT2D eigenvalue weighted by Gasteiger charge is -2.45. The van der Waals surface area contributed by atoms with E-state index in [1.165, 1.54) is 5.56 Å². The van der Waals surface area contributed by atoms with Crippen LogP contribution in [-0.2, 0) is 0 Å². The largest absolute Gasteiger partial charge is 0.497 e. The van der Waals surface area contributed by atoms with Crippen molar-refractivity contribution in [3.63, 3.8) is 0 Å². The molecule has 1 heterocycles. The maximum atomic E-state index is 6.21. The average molecular weight is 299 g/mol. The Hall–Kier alpha value is -0.770. The number of hydrogen-bond acceptors (Lipinski definition) is 3. The number of halogens is 1. The fraction of sp³-hybridized carbons (Fsp3) is 0.625.